The predicted octanol–water partition coefficient (Wildman–Crippen LogP) is 4.28. The SMILES string of the molecule is CCn1ncc(-c2cc(C(=O)Nc3c(C)noc3C)c3ccccc3n2)c1C. The average molecular weight is 375 g/mol. The van der Waals surface area contributed by atoms with Crippen LogP contribution in [0.1, 0.15) is 34.4 Å². The summed E-state index contributed by atoms with van der Waals surface area (Å²) in [5.74, 6) is 0.347. The summed E-state index contributed by atoms with van der Waals surface area (Å²) < 4.78 is 7.07. The standard InChI is InChI=1S/C21H21N5O2/c1-5-26-13(3)17(11-22-26)19-10-16(15-8-6-7-9-18(15)23-19)21(27)24-20-12(2)25-28-14(20)4/h6-11H,5H2,1-4H3,(H,24,27). The summed E-state index contributed by atoms with van der Waals surface area (Å²) in [6, 6.07) is 9.44. The van der Waals surface area contributed by atoms with E-state index in [4.69, 9.17) is 9.51 Å². The molecule has 0 aliphatic heterocycles. The van der Waals surface area contributed by atoms with Gasteiger partial charge in [0.15, 0.2) is 5.76 Å². The van der Waals surface area contributed by atoms with E-state index in [9.17, 15) is 4.79 Å². The second kappa shape index (κ2) is 6.92. The van der Waals surface area contributed by atoms with Gasteiger partial charge in [-0.2, -0.15) is 5.10 Å². The van der Waals surface area contributed by atoms with E-state index in [1.54, 1.807) is 20.0 Å². The first-order chi connectivity index (χ1) is 13.5. The van der Waals surface area contributed by atoms with Gasteiger partial charge in [0.1, 0.15) is 11.4 Å². The van der Waals surface area contributed by atoms with Gasteiger partial charge in [0.05, 0.1) is 23.0 Å². The van der Waals surface area contributed by atoms with Crippen LogP contribution in [0.3, 0.4) is 0 Å². The second-order valence-electron chi connectivity index (χ2n) is 6.68. The van der Waals surface area contributed by atoms with Crippen LogP contribution in [-0.4, -0.2) is 25.8 Å². The van der Waals surface area contributed by atoms with E-state index in [0.717, 1.165) is 34.4 Å². The number of rotatable bonds is 4. The zero-order valence-corrected chi connectivity index (χ0v) is 16.3. The molecule has 142 valence electrons. The van der Waals surface area contributed by atoms with Crippen molar-refractivity contribution in [3.8, 4) is 11.3 Å². The van der Waals surface area contributed by atoms with Crippen molar-refractivity contribution in [2.24, 2.45) is 0 Å². The molecule has 3 aromatic heterocycles. The first-order valence-corrected chi connectivity index (χ1v) is 9.16. The quantitative estimate of drug-likeness (QED) is 0.575. The Morgan fingerprint density at radius 1 is 1.21 bits per heavy atom. The predicted molar refractivity (Wildman–Crippen MR) is 107 cm³/mol. The van der Waals surface area contributed by atoms with Crippen LogP contribution < -0.4 is 5.32 Å². The van der Waals surface area contributed by atoms with Gasteiger partial charge >= 0.3 is 0 Å². The van der Waals surface area contributed by atoms with Crippen molar-refractivity contribution in [2.75, 3.05) is 5.32 Å². The molecule has 4 rings (SSSR count). The first kappa shape index (κ1) is 17.9. The fourth-order valence-corrected chi connectivity index (χ4v) is 3.36. The number of benzene rings is 1. The molecule has 0 saturated carbocycles. The highest BCUT2D eigenvalue weighted by atomic mass is 16.5. The fourth-order valence-electron chi connectivity index (χ4n) is 3.36. The summed E-state index contributed by atoms with van der Waals surface area (Å²) in [6.45, 7) is 8.39. The van der Waals surface area contributed by atoms with Crippen LogP contribution in [0.5, 0.6) is 0 Å². The molecule has 0 saturated heterocycles. The maximum absolute atomic E-state index is 13.1. The fraction of sp³-hybridized carbons (Fsp3) is 0.238. The summed E-state index contributed by atoms with van der Waals surface area (Å²) in [6.07, 6.45) is 1.80. The van der Waals surface area contributed by atoms with E-state index < -0.39 is 0 Å². The van der Waals surface area contributed by atoms with E-state index >= 15 is 0 Å². The van der Waals surface area contributed by atoms with Crippen molar-refractivity contribution in [3.05, 3.63) is 59.2 Å². The minimum atomic E-state index is -0.227. The molecule has 0 bridgehead atoms. The number of hydrogen-bond donors (Lipinski definition) is 1. The van der Waals surface area contributed by atoms with Gasteiger partial charge in [-0.3, -0.25) is 9.48 Å². The number of fused-ring (bicyclic) bond motifs is 1. The lowest BCUT2D eigenvalue weighted by atomic mass is 10.0. The molecule has 1 amide bonds. The lowest BCUT2D eigenvalue weighted by Crippen LogP contribution is -2.14. The maximum Gasteiger partial charge on any atom is 0.256 e. The highest BCUT2D eigenvalue weighted by Gasteiger charge is 2.19. The van der Waals surface area contributed by atoms with Gasteiger partial charge in [-0.1, -0.05) is 23.4 Å². The Bertz CT molecular complexity index is 1170. The van der Waals surface area contributed by atoms with Crippen LogP contribution in [0.4, 0.5) is 5.69 Å². The van der Waals surface area contributed by atoms with E-state index in [2.05, 4.69) is 15.6 Å². The van der Waals surface area contributed by atoms with Crippen molar-refractivity contribution >= 4 is 22.5 Å². The monoisotopic (exact) mass is 375 g/mol. The van der Waals surface area contributed by atoms with Crippen LogP contribution in [-0.2, 0) is 6.54 Å². The van der Waals surface area contributed by atoms with Crippen LogP contribution >= 0.6 is 0 Å². The Morgan fingerprint density at radius 3 is 2.68 bits per heavy atom. The molecular weight excluding hydrogens is 354 g/mol. The summed E-state index contributed by atoms with van der Waals surface area (Å²) in [5.41, 5.74) is 5.20. The molecule has 0 aliphatic rings. The molecule has 7 heteroatoms. The Hall–Kier alpha value is -3.48. The van der Waals surface area contributed by atoms with Crippen molar-refractivity contribution in [1.29, 1.82) is 0 Å². The van der Waals surface area contributed by atoms with Gasteiger partial charge < -0.3 is 9.84 Å². The number of aromatic nitrogens is 4. The topological polar surface area (TPSA) is 85.8 Å². The van der Waals surface area contributed by atoms with Crippen molar-refractivity contribution in [3.63, 3.8) is 0 Å². The van der Waals surface area contributed by atoms with Crippen molar-refractivity contribution in [2.45, 2.75) is 34.2 Å². The van der Waals surface area contributed by atoms with Crippen LogP contribution in [0.2, 0.25) is 0 Å². The van der Waals surface area contributed by atoms with Gasteiger partial charge in [-0.05, 0) is 39.8 Å². The van der Waals surface area contributed by atoms with Crippen LogP contribution in [0.15, 0.2) is 41.1 Å². The number of anilines is 1. The van der Waals surface area contributed by atoms with Gasteiger partial charge in [-0.15, -0.1) is 0 Å². The third-order valence-corrected chi connectivity index (χ3v) is 4.91. The molecule has 0 radical (unpaired) electrons. The highest BCUT2D eigenvalue weighted by Crippen LogP contribution is 2.28. The number of para-hydroxylation sites is 1. The molecule has 3 heterocycles. The number of aryl methyl sites for hydroxylation is 3. The number of nitrogens with zero attached hydrogens (tertiary/aromatic N) is 4. The Labute approximate surface area is 162 Å². The lowest BCUT2D eigenvalue weighted by molar-refractivity contribution is 0.102. The number of nitrogens with one attached hydrogen (secondary N) is 1. The van der Waals surface area contributed by atoms with Gasteiger partial charge in [0.25, 0.3) is 5.91 Å². The number of hydrogen-bond acceptors (Lipinski definition) is 5. The van der Waals surface area contributed by atoms with Gasteiger partial charge in [0, 0.05) is 23.2 Å². The molecule has 7 nitrogen and oxygen atoms in total. The summed E-state index contributed by atoms with van der Waals surface area (Å²) in [4.78, 5) is 17.9. The third-order valence-electron chi connectivity index (χ3n) is 4.91. The largest absolute Gasteiger partial charge is 0.359 e. The minimum absolute atomic E-state index is 0.227. The van der Waals surface area contributed by atoms with Gasteiger partial charge in [0.2, 0.25) is 0 Å². The molecule has 0 fully saturated rings. The Morgan fingerprint density at radius 2 is 2.00 bits per heavy atom. The van der Waals surface area contributed by atoms with Gasteiger partial charge in [-0.25, -0.2) is 4.98 Å². The molecule has 0 aliphatic carbocycles. The average Bonchev–Trinajstić information content (AvgIpc) is 3.23. The number of carbonyl (C=O) groups excluding carboxylic acids is 1. The zero-order valence-electron chi connectivity index (χ0n) is 16.3. The first-order valence-electron chi connectivity index (χ1n) is 9.16. The zero-order chi connectivity index (χ0) is 19.8. The number of carbonyl (C=O) groups is 1. The molecular formula is C21H21N5O2. The third kappa shape index (κ3) is 2.94. The van der Waals surface area contributed by atoms with E-state index in [1.807, 2.05) is 48.9 Å². The van der Waals surface area contributed by atoms with E-state index in [0.29, 0.717) is 22.7 Å². The molecule has 4 aromatic rings. The van der Waals surface area contributed by atoms with Crippen LogP contribution in [0, 0.1) is 20.8 Å². The van der Waals surface area contributed by atoms with E-state index in [-0.39, 0.29) is 5.91 Å². The Kier molecular flexibility index (Phi) is 4.43. The molecule has 1 N–H and O–H groups in total. The molecule has 1 aromatic carbocycles. The van der Waals surface area contributed by atoms with Crippen molar-refractivity contribution in [1.82, 2.24) is 19.9 Å². The molecule has 0 unspecified atom stereocenters. The molecule has 0 atom stereocenters. The van der Waals surface area contributed by atoms with Crippen molar-refractivity contribution < 1.29 is 9.32 Å². The summed E-state index contributed by atoms with van der Waals surface area (Å²) >= 11 is 0. The smallest absolute Gasteiger partial charge is 0.256 e. The number of pyridine rings is 1. The Balaban J connectivity index is 1.85. The molecule has 0 spiro atoms. The van der Waals surface area contributed by atoms with E-state index in [1.165, 1.54) is 0 Å². The summed E-state index contributed by atoms with van der Waals surface area (Å²) in [7, 11) is 0. The second-order valence-corrected chi connectivity index (χ2v) is 6.68. The maximum atomic E-state index is 13.1. The number of amides is 1. The summed E-state index contributed by atoms with van der Waals surface area (Å²) in [5, 5.41) is 12.0. The minimum Gasteiger partial charge on any atom is -0.359 e. The lowest BCUT2D eigenvalue weighted by Gasteiger charge is -2.10. The molecule has 28 heavy (non-hydrogen) atoms. The normalized spacial score (nSPS) is 11.1. The highest BCUT2D eigenvalue weighted by molar-refractivity contribution is 6.13. The van der Waals surface area contributed by atoms with Crippen LogP contribution in [0.25, 0.3) is 22.2 Å².